The second-order valence-electron chi connectivity index (χ2n) is 9.42. The van der Waals surface area contributed by atoms with E-state index < -0.39 is 16.0 Å². The highest BCUT2D eigenvalue weighted by atomic mass is 32.2. The lowest BCUT2D eigenvalue weighted by Crippen LogP contribution is -2.37. The number of carbonyl (C=O) groups is 1. The van der Waals surface area contributed by atoms with E-state index in [0.717, 1.165) is 19.1 Å². The zero-order valence-corrected chi connectivity index (χ0v) is 18.8. The Labute approximate surface area is 173 Å². The van der Waals surface area contributed by atoms with Crippen LogP contribution < -0.4 is 4.72 Å². The molecular weight excluding hydrogens is 394 g/mol. The van der Waals surface area contributed by atoms with Gasteiger partial charge in [0.05, 0.1) is 19.2 Å². The summed E-state index contributed by atoms with van der Waals surface area (Å²) in [6.07, 6.45) is 9.85. The SMILES string of the molecule is CC(C)(C)C1(CCC[C@H](CC(=O)O)c2nc(CNS(C)(=O)=O)no2)CCCCC1. The van der Waals surface area contributed by atoms with Gasteiger partial charge in [0.1, 0.15) is 0 Å². The molecule has 2 rings (SSSR count). The Kier molecular flexibility index (Phi) is 7.84. The lowest BCUT2D eigenvalue weighted by atomic mass is 9.57. The Hall–Kier alpha value is -1.48. The van der Waals surface area contributed by atoms with Gasteiger partial charge in [-0.1, -0.05) is 51.6 Å². The summed E-state index contributed by atoms with van der Waals surface area (Å²) in [5.74, 6) is -0.801. The van der Waals surface area contributed by atoms with Crippen LogP contribution in [0.15, 0.2) is 4.52 Å². The van der Waals surface area contributed by atoms with Crippen molar-refractivity contribution < 1.29 is 22.8 Å². The van der Waals surface area contributed by atoms with Gasteiger partial charge in [0.15, 0.2) is 5.82 Å². The van der Waals surface area contributed by atoms with Crippen molar-refractivity contribution >= 4 is 16.0 Å². The van der Waals surface area contributed by atoms with Gasteiger partial charge in [-0.05, 0) is 36.5 Å². The van der Waals surface area contributed by atoms with E-state index in [2.05, 4.69) is 35.6 Å². The summed E-state index contributed by atoms with van der Waals surface area (Å²) < 4.78 is 30.0. The van der Waals surface area contributed by atoms with Crippen LogP contribution in [-0.4, -0.2) is 35.9 Å². The fourth-order valence-corrected chi connectivity index (χ4v) is 4.91. The zero-order chi connectivity index (χ0) is 21.7. The topological polar surface area (TPSA) is 122 Å². The molecule has 9 heteroatoms. The number of nitrogens with zero attached hydrogens (tertiary/aromatic N) is 2. The van der Waals surface area contributed by atoms with Crippen molar-refractivity contribution in [1.82, 2.24) is 14.9 Å². The van der Waals surface area contributed by atoms with E-state index >= 15 is 0 Å². The van der Waals surface area contributed by atoms with Gasteiger partial charge in [-0.3, -0.25) is 4.79 Å². The molecule has 2 N–H and O–H groups in total. The molecule has 8 nitrogen and oxygen atoms in total. The molecule has 1 aliphatic rings. The third-order valence-electron chi connectivity index (χ3n) is 6.36. The van der Waals surface area contributed by atoms with Crippen LogP contribution in [0.3, 0.4) is 0 Å². The average Bonchev–Trinajstić information content (AvgIpc) is 3.07. The molecule has 1 aromatic heterocycles. The van der Waals surface area contributed by atoms with Crippen molar-refractivity contribution in [3.05, 3.63) is 11.7 Å². The fraction of sp³-hybridized carbons (Fsp3) is 0.850. The quantitative estimate of drug-likeness (QED) is 0.579. The minimum absolute atomic E-state index is 0.0741. The molecule has 1 aliphatic carbocycles. The molecule has 166 valence electrons. The highest BCUT2D eigenvalue weighted by Gasteiger charge is 2.41. The Balaban J connectivity index is 2.03. The first kappa shape index (κ1) is 23.8. The zero-order valence-electron chi connectivity index (χ0n) is 18.0. The van der Waals surface area contributed by atoms with Crippen LogP contribution >= 0.6 is 0 Å². The minimum Gasteiger partial charge on any atom is -0.481 e. The van der Waals surface area contributed by atoms with Crippen molar-refractivity contribution in [2.45, 2.75) is 91.0 Å². The second kappa shape index (κ2) is 9.55. The average molecular weight is 430 g/mol. The van der Waals surface area contributed by atoms with Gasteiger partial charge in [-0.2, -0.15) is 4.98 Å². The lowest BCUT2D eigenvalue weighted by Gasteiger charge is -2.48. The summed E-state index contributed by atoms with van der Waals surface area (Å²) in [6, 6.07) is 0. The van der Waals surface area contributed by atoms with E-state index in [4.69, 9.17) is 4.52 Å². The lowest BCUT2D eigenvalue weighted by molar-refractivity contribution is -0.137. The maximum Gasteiger partial charge on any atom is 0.304 e. The summed E-state index contributed by atoms with van der Waals surface area (Å²) in [4.78, 5) is 15.6. The number of sulfonamides is 1. The summed E-state index contributed by atoms with van der Waals surface area (Å²) in [7, 11) is -3.37. The molecule has 1 saturated carbocycles. The number of nitrogens with one attached hydrogen (secondary N) is 1. The molecule has 0 aromatic carbocycles. The van der Waals surface area contributed by atoms with Crippen LogP contribution in [0.5, 0.6) is 0 Å². The molecule has 1 fully saturated rings. The molecule has 1 atom stereocenters. The number of carboxylic acid groups (broad SMARTS) is 1. The van der Waals surface area contributed by atoms with E-state index in [1.54, 1.807) is 0 Å². The third-order valence-corrected chi connectivity index (χ3v) is 7.02. The van der Waals surface area contributed by atoms with Crippen LogP contribution in [0, 0.1) is 10.8 Å². The van der Waals surface area contributed by atoms with E-state index in [1.165, 1.54) is 32.1 Å². The molecule has 0 unspecified atom stereocenters. The van der Waals surface area contributed by atoms with Gasteiger partial charge in [0, 0.05) is 5.92 Å². The molecule has 0 radical (unpaired) electrons. The van der Waals surface area contributed by atoms with E-state index in [0.29, 0.717) is 11.8 Å². The molecule has 1 heterocycles. The Bertz CT molecular complexity index is 776. The number of hydrogen-bond acceptors (Lipinski definition) is 6. The van der Waals surface area contributed by atoms with E-state index in [-0.39, 0.29) is 36.0 Å². The van der Waals surface area contributed by atoms with Crippen LogP contribution in [0.4, 0.5) is 0 Å². The normalized spacial score (nSPS) is 18.5. The van der Waals surface area contributed by atoms with Gasteiger partial charge in [-0.25, -0.2) is 13.1 Å². The second-order valence-corrected chi connectivity index (χ2v) is 11.3. The summed E-state index contributed by atoms with van der Waals surface area (Å²) >= 11 is 0. The van der Waals surface area contributed by atoms with Crippen molar-refractivity contribution in [3.63, 3.8) is 0 Å². The molecule has 29 heavy (non-hydrogen) atoms. The first-order valence-electron chi connectivity index (χ1n) is 10.4. The van der Waals surface area contributed by atoms with Crippen LogP contribution in [0.1, 0.15) is 96.2 Å². The van der Waals surface area contributed by atoms with Crippen molar-refractivity contribution in [2.24, 2.45) is 10.8 Å². The maximum atomic E-state index is 11.4. The van der Waals surface area contributed by atoms with Gasteiger partial charge in [0.2, 0.25) is 15.9 Å². The molecule has 0 amide bonds. The highest BCUT2D eigenvalue weighted by Crippen LogP contribution is 2.53. The monoisotopic (exact) mass is 429 g/mol. The first-order chi connectivity index (χ1) is 13.4. The van der Waals surface area contributed by atoms with E-state index in [1.807, 2.05) is 0 Å². The van der Waals surface area contributed by atoms with Gasteiger partial charge in [-0.15, -0.1) is 0 Å². The summed E-state index contributed by atoms with van der Waals surface area (Å²) in [5, 5.41) is 13.1. The van der Waals surface area contributed by atoms with E-state index in [9.17, 15) is 18.3 Å². The summed E-state index contributed by atoms with van der Waals surface area (Å²) in [6.45, 7) is 6.86. The molecule has 0 bridgehead atoms. The molecule has 0 aliphatic heterocycles. The van der Waals surface area contributed by atoms with Crippen molar-refractivity contribution in [1.29, 1.82) is 0 Å². The third kappa shape index (κ3) is 7.06. The van der Waals surface area contributed by atoms with Crippen LogP contribution in [0.2, 0.25) is 0 Å². The minimum atomic E-state index is -3.37. The Morgan fingerprint density at radius 3 is 2.48 bits per heavy atom. The molecule has 1 aromatic rings. The summed E-state index contributed by atoms with van der Waals surface area (Å²) in [5.41, 5.74) is 0.503. The maximum absolute atomic E-state index is 11.4. The standard InChI is InChI=1S/C20H35N3O5S/c1-19(2,3)20(10-6-5-7-11-20)12-8-9-15(13-17(24)25)18-22-16(23-28-18)14-21-29(4,26)27/h15,21H,5-14H2,1-4H3,(H,24,25)/t15-/m1/s1. The van der Waals surface area contributed by atoms with Gasteiger partial charge in [0.25, 0.3) is 0 Å². The number of carboxylic acids is 1. The van der Waals surface area contributed by atoms with Crippen LogP contribution in [0.25, 0.3) is 0 Å². The predicted octanol–water partition coefficient (Wildman–Crippen LogP) is 3.84. The largest absolute Gasteiger partial charge is 0.481 e. The first-order valence-corrected chi connectivity index (χ1v) is 12.3. The smallest absolute Gasteiger partial charge is 0.304 e. The molecule has 0 spiro atoms. The van der Waals surface area contributed by atoms with Crippen molar-refractivity contribution in [3.8, 4) is 0 Å². The number of aromatic nitrogens is 2. The Morgan fingerprint density at radius 1 is 1.28 bits per heavy atom. The van der Waals surface area contributed by atoms with Crippen molar-refractivity contribution in [2.75, 3.05) is 6.26 Å². The number of rotatable bonds is 10. The number of hydrogen-bond donors (Lipinski definition) is 2. The van der Waals surface area contributed by atoms with Crippen LogP contribution in [-0.2, 0) is 21.4 Å². The van der Waals surface area contributed by atoms with Gasteiger partial charge < -0.3 is 9.63 Å². The highest BCUT2D eigenvalue weighted by molar-refractivity contribution is 7.88. The molecular formula is C20H35N3O5S. The Morgan fingerprint density at radius 2 is 1.93 bits per heavy atom. The predicted molar refractivity (Wildman–Crippen MR) is 110 cm³/mol. The number of aliphatic carboxylic acids is 1. The fourth-order valence-electron chi connectivity index (χ4n) is 4.51. The van der Waals surface area contributed by atoms with Gasteiger partial charge >= 0.3 is 5.97 Å². The molecule has 0 saturated heterocycles.